The number of likely N-dealkylation sites (tertiary alicyclic amines) is 1. The van der Waals surface area contributed by atoms with Crippen LogP contribution in [0.25, 0.3) is 0 Å². The van der Waals surface area contributed by atoms with Crippen molar-refractivity contribution in [3.8, 4) is 0 Å². The quantitative estimate of drug-likeness (QED) is 0.726. The number of halogens is 3. The van der Waals surface area contributed by atoms with E-state index in [2.05, 4.69) is 10.1 Å². The number of rotatable bonds is 3. The molecular formula is C20H24F3N3O3. The van der Waals surface area contributed by atoms with Crippen LogP contribution in [-0.2, 0) is 17.3 Å². The SMILES string of the molecule is CC(C)(C)OC(=O)N1CCC(c2nc(Cc3ccc(C(F)(F)F)cc3)no2)CC1. The van der Waals surface area contributed by atoms with Gasteiger partial charge < -0.3 is 14.2 Å². The highest BCUT2D eigenvalue weighted by Crippen LogP contribution is 2.30. The Balaban J connectivity index is 1.55. The van der Waals surface area contributed by atoms with Gasteiger partial charge in [0.15, 0.2) is 5.82 Å². The van der Waals surface area contributed by atoms with Gasteiger partial charge in [0.25, 0.3) is 0 Å². The molecular weight excluding hydrogens is 387 g/mol. The second-order valence-electron chi connectivity index (χ2n) is 8.16. The largest absolute Gasteiger partial charge is 0.444 e. The summed E-state index contributed by atoms with van der Waals surface area (Å²) in [5.74, 6) is 0.965. The van der Waals surface area contributed by atoms with Gasteiger partial charge in [0, 0.05) is 25.4 Å². The summed E-state index contributed by atoms with van der Waals surface area (Å²) >= 11 is 0. The molecule has 0 aliphatic carbocycles. The maximum Gasteiger partial charge on any atom is 0.416 e. The standard InChI is InChI=1S/C20H24F3N3O3/c1-19(2,3)28-18(27)26-10-8-14(9-11-26)17-24-16(25-29-17)12-13-4-6-15(7-5-13)20(21,22)23/h4-7,14H,8-12H2,1-3H3. The zero-order valence-corrected chi connectivity index (χ0v) is 16.6. The Morgan fingerprint density at radius 2 is 1.79 bits per heavy atom. The van der Waals surface area contributed by atoms with Crippen molar-refractivity contribution in [3.63, 3.8) is 0 Å². The van der Waals surface area contributed by atoms with Gasteiger partial charge in [-0.25, -0.2) is 4.79 Å². The molecule has 0 bridgehead atoms. The molecule has 1 fully saturated rings. The van der Waals surface area contributed by atoms with Crippen LogP contribution >= 0.6 is 0 Å². The minimum atomic E-state index is -4.36. The first-order valence-electron chi connectivity index (χ1n) is 9.48. The normalized spacial score (nSPS) is 16.1. The van der Waals surface area contributed by atoms with Crippen LogP contribution in [-0.4, -0.2) is 39.8 Å². The fourth-order valence-electron chi connectivity index (χ4n) is 3.13. The van der Waals surface area contributed by atoms with E-state index in [0.717, 1.165) is 12.1 Å². The maximum atomic E-state index is 12.6. The maximum absolute atomic E-state index is 12.6. The summed E-state index contributed by atoms with van der Waals surface area (Å²) in [5.41, 5.74) is -0.551. The van der Waals surface area contributed by atoms with Gasteiger partial charge >= 0.3 is 12.3 Å². The van der Waals surface area contributed by atoms with Crippen molar-refractivity contribution in [2.75, 3.05) is 13.1 Å². The zero-order chi connectivity index (χ0) is 21.2. The van der Waals surface area contributed by atoms with E-state index in [1.165, 1.54) is 12.1 Å². The molecule has 1 aliphatic heterocycles. The van der Waals surface area contributed by atoms with E-state index >= 15 is 0 Å². The number of carbonyl (C=O) groups excluding carboxylic acids is 1. The van der Waals surface area contributed by atoms with E-state index < -0.39 is 17.3 Å². The lowest BCUT2D eigenvalue weighted by atomic mass is 9.97. The number of ether oxygens (including phenoxy) is 1. The second kappa shape index (κ2) is 8.04. The van der Waals surface area contributed by atoms with E-state index in [9.17, 15) is 18.0 Å². The third kappa shape index (κ3) is 5.71. The number of carbonyl (C=O) groups is 1. The summed E-state index contributed by atoms with van der Waals surface area (Å²) in [6.07, 6.45) is -3.03. The smallest absolute Gasteiger partial charge is 0.416 e. The molecule has 0 spiro atoms. The van der Waals surface area contributed by atoms with Crippen molar-refractivity contribution >= 4 is 6.09 Å². The van der Waals surface area contributed by atoms with Gasteiger partial charge in [-0.15, -0.1) is 0 Å². The Morgan fingerprint density at radius 1 is 1.17 bits per heavy atom. The Hall–Kier alpha value is -2.58. The molecule has 1 amide bonds. The predicted molar refractivity (Wildman–Crippen MR) is 98.3 cm³/mol. The third-order valence-corrected chi connectivity index (χ3v) is 4.62. The highest BCUT2D eigenvalue weighted by molar-refractivity contribution is 5.68. The van der Waals surface area contributed by atoms with Gasteiger partial charge in [0.2, 0.25) is 5.89 Å². The number of nitrogens with zero attached hydrogens (tertiary/aromatic N) is 3. The summed E-state index contributed by atoms with van der Waals surface area (Å²) in [4.78, 5) is 18.2. The highest BCUT2D eigenvalue weighted by Gasteiger charge is 2.31. The first-order valence-corrected chi connectivity index (χ1v) is 9.48. The first-order chi connectivity index (χ1) is 13.5. The van der Waals surface area contributed by atoms with E-state index in [-0.39, 0.29) is 12.0 Å². The molecule has 0 N–H and O–H groups in total. The summed E-state index contributed by atoms with van der Waals surface area (Å²) in [5, 5.41) is 3.95. The Labute approximate surface area is 167 Å². The van der Waals surface area contributed by atoms with E-state index in [0.29, 0.717) is 49.6 Å². The topological polar surface area (TPSA) is 68.5 Å². The monoisotopic (exact) mass is 411 g/mol. The van der Waals surface area contributed by atoms with Crippen LogP contribution in [0.3, 0.4) is 0 Å². The third-order valence-electron chi connectivity index (χ3n) is 4.62. The fourth-order valence-corrected chi connectivity index (χ4v) is 3.13. The van der Waals surface area contributed by atoms with Crippen molar-refractivity contribution in [3.05, 3.63) is 47.1 Å². The summed E-state index contributed by atoms with van der Waals surface area (Å²) in [7, 11) is 0. The Bertz CT molecular complexity index is 833. The highest BCUT2D eigenvalue weighted by atomic mass is 19.4. The van der Waals surface area contributed by atoms with E-state index in [1.807, 2.05) is 20.8 Å². The van der Waals surface area contributed by atoms with Gasteiger partial charge in [-0.1, -0.05) is 17.3 Å². The molecule has 0 saturated carbocycles. The van der Waals surface area contributed by atoms with Crippen LogP contribution in [0.5, 0.6) is 0 Å². The van der Waals surface area contributed by atoms with Crippen LogP contribution in [0, 0.1) is 0 Å². The average molecular weight is 411 g/mol. The summed E-state index contributed by atoms with van der Waals surface area (Å²) in [6.45, 7) is 6.56. The molecule has 1 aromatic heterocycles. The van der Waals surface area contributed by atoms with Crippen molar-refractivity contribution in [1.82, 2.24) is 15.0 Å². The van der Waals surface area contributed by atoms with Crippen molar-refractivity contribution in [1.29, 1.82) is 0 Å². The lowest BCUT2D eigenvalue weighted by Gasteiger charge is -2.32. The van der Waals surface area contributed by atoms with Crippen LogP contribution in [0.15, 0.2) is 28.8 Å². The molecule has 158 valence electrons. The number of benzene rings is 1. The molecule has 1 aliphatic rings. The predicted octanol–water partition coefficient (Wildman–Crippen LogP) is 4.79. The van der Waals surface area contributed by atoms with E-state index in [1.54, 1.807) is 4.90 Å². The van der Waals surface area contributed by atoms with Crippen LogP contribution in [0.1, 0.15) is 62.4 Å². The number of hydrogen-bond donors (Lipinski definition) is 0. The second-order valence-corrected chi connectivity index (χ2v) is 8.16. The first kappa shape index (κ1) is 21.1. The van der Waals surface area contributed by atoms with Gasteiger partial charge in [-0.3, -0.25) is 0 Å². The minimum Gasteiger partial charge on any atom is -0.444 e. The van der Waals surface area contributed by atoms with Crippen LogP contribution in [0.2, 0.25) is 0 Å². The van der Waals surface area contributed by atoms with Crippen LogP contribution < -0.4 is 0 Å². The summed E-state index contributed by atoms with van der Waals surface area (Å²) < 4.78 is 48.7. The number of amides is 1. The van der Waals surface area contributed by atoms with Gasteiger partial charge in [-0.2, -0.15) is 18.2 Å². The molecule has 1 saturated heterocycles. The number of piperidine rings is 1. The average Bonchev–Trinajstić information content (AvgIpc) is 3.08. The Kier molecular flexibility index (Phi) is 5.86. The lowest BCUT2D eigenvalue weighted by Crippen LogP contribution is -2.41. The van der Waals surface area contributed by atoms with Gasteiger partial charge in [-0.05, 0) is 51.3 Å². The van der Waals surface area contributed by atoms with Gasteiger partial charge in [0.05, 0.1) is 5.56 Å². The fraction of sp³-hybridized carbons (Fsp3) is 0.550. The molecule has 2 heterocycles. The van der Waals surface area contributed by atoms with E-state index in [4.69, 9.17) is 9.26 Å². The minimum absolute atomic E-state index is 0.0440. The number of alkyl halides is 3. The van der Waals surface area contributed by atoms with Crippen molar-refractivity contribution in [2.45, 2.75) is 57.7 Å². The number of hydrogen-bond acceptors (Lipinski definition) is 5. The van der Waals surface area contributed by atoms with Crippen molar-refractivity contribution in [2.24, 2.45) is 0 Å². The molecule has 2 aromatic rings. The number of aromatic nitrogens is 2. The molecule has 0 atom stereocenters. The molecule has 0 radical (unpaired) electrons. The zero-order valence-electron chi connectivity index (χ0n) is 16.6. The van der Waals surface area contributed by atoms with Crippen molar-refractivity contribution < 1.29 is 27.2 Å². The van der Waals surface area contributed by atoms with Gasteiger partial charge in [0.1, 0.15) is 5.60 Å². The molecule has 3 rings (SSSR count). The molecule has 0 unspecified atom stereocenters. The molecule has 9 heteroatoms. The molecule has 1 aromatic carbocycles. The lowest BCUT2D eigenvalue weighted by molar-refractivity contribution is -0.137. The Morgan fingerprint density at radius 3 is 2.34 bits per heavy atom. The molecule has 6 nitrogen and oxygen atoms in total. The summed E-state index contributed by atoms with van der Waals surface area (Å²) in [6, 6.07) is 4.92. The molecule has 29 heavy (non-hydrogen) atoms. The van der Waals surface area contributed by atoms with Crippen LogP contribution in [0.4, 0.5) is 18.0 Å².